The molecule has 0 aliphatic carbocycles. The van der Waals surface area contributed by atoms with E-state index in [2.05, 4.69) is 36.3 Å². The molecule has 0 fully saturated rings. The number of nitrogens with zero attached hydrogens (tertiary/aromatic N) is 4. The quantitative estimate of drug-likeness (QED) is 0.141. The first-order valence-electron chi connectivity index (χ1n) is 12.0. The zero-order valence-corrected chi connectivity index (χ0v) is 22.5. The van der Waals surface area contributed by atoms with Crippen molar-refractivity contribution in [3.8, 4) is 17.1 Å². The van der Waals surface area contributed by atoms with Crippen LogP contribution in [0.15, 0.2) is 24.3 Å². The number of hydrogen-bond acceptors (Lipinski definition) is 12. The Morgan fingerprint density at radius 1 is 0.718 bits per heavy atom. The molecule has 0 unspecified atom stereocenters. The number of nitrogens with one attached hydrogen (secondary N) is 3. The highest BCUT2D eigenvalue weighted by molar-refractivity contribution is 5.88. The van der Waals surface area contributed by atoms with Gasteiger partial charge in [0.1, 0.15) is 12.4 Å². The van der Waals surface area contributed by atoms with Crippen molar-refractivity contribution in [3.63, 3.8) is 0 Å². The fraction of sp³-hybridized carbons (Fsp3) is 0.522. The lowest BCUT2D eigenvalue weighted by Crippen LogP contribution is -2.43. The Kier molecular flexibility index (Phi) is 17.6. The van der Waals surface area contributed by atoms with Crippen molar-refractivity contribution in [2.75, 3.05) is 72.4 Å². The second-order valence-electron chi connectivity index (χ2n) is 7.59. The van der Waals surface area contributed by atoms with Crippen molar-refractivity contribution in [2.45, 2.75) is 6.92 Å². The number of halogens is 1. The number of carbonyl (C=O) groups excluding carboxylic acids is 3. The number of benzene rings is 1. The molecule has 39 heavy (non-hydrogen) atoms. The fourth-order valence-electron chi connectivity index (χ4n) is 2.67. The molecule has 0 radical (unpaired) electrons. The highest BCUT2D eigenvalue weighted by Gasteiger charge is 2.07. The number of nitrogens with two attached hydrogens (primary N) is 1. The largest absolute Gasteiger partial charge is 0.491 e. The lowest BCUT2D eigenvalue weighted by molar-refractivity contribution is -0.127. The predicted molar refractivity (Wildman–Crippen MR) is 141 cm³/mol. The molecule has 2 aromatic rings. The lowest BCUT2D eigenvalue weighted by atomic mass is 10.2. The number of rotatable bonds is 19. The summed E-state index contributed by atoms with van der Waals surface area (Å²) in [5, 5.41) is 23.1. The molecule has 216 valence electrons. The Labute approximate surface area is 232 Å². The van der Waals surface area contributed by atoms with Crippen LogP contribution >= 0.6 is 12.4 Å². The van der Waals surface area contributed by atoms with Crippen LogP contribution in [-0.2, 0) is 28.6 Å². The van der Waals surface area contributed by atoms with Crippen molar-refractivity contribution in [1.29, 1.82) is 0 Å². The monoisotopic (exact) mass is 570 g/mol. The highest BCUT2D eigenvalue weighted by Crippen LogP contribution is 2.18. The molecule has 5 N–H and O–H groups in total. The minimum Gasteiger partial charge on any atom is -0.491 e. The van der Waals surface area contributed by atoms with Gasteiger partial charge in [-0.25, -0.2) is 0 Å². The number of aromatic nitrogens is 4. The number of ether oxygens (including phenoxy) is 4. The van der Waals surface area contributed by atoms with Gasteiger partial charge in [-0.05, 0) is 31.2 Å². The lowest BCUT2D eigenvalue weighted by Gasteiger charge is -2.09. The summed E-state index contributed by atoms with van der Waals surface area (Å²) in [6, 6.07) is 7.31. The van der Waals surface area contributed by atoms with E-state index in [9.17, 15) is 14.4 Å². The van der Waals surface area contributed by atoms with Gasteiger partial charge in [0, 0.05) is 12.1 Å². The average molecular weight is 571 g/mol. The molecule has 0 spiro atoms. The second-order valence-corrected chi connectivity index (χ2v) is 7.59. The Hall–Kier alpha value is -3.50. The maximum atomic E-state index is 11.6. The minimum atomic E-state index is -0.483. The summed E-state index contributed by atoms with van der Waals surface area (Å²) in [6.07, 6.45) is 0. The number of hydrogen-bond donors (Lipinski definition) is 4. The van der Waals surface area contributed by atoms with Gasteiger partial charge in [-0.3, -0.25) is 14.4 Å². The summed E-state index contributed by atoms with van der Waals surface area (Å²) in [5.74, 6) is 0.369. The van der Waals surface area contributed by atoms with E-state index in [-0.39, 0.29) is 37.9 Å². The van der Waals surface area contributed by atoms with Crippen LogP contribution in [0.4, 0.5) is 0 Å². The number of amides is 3. The van der Waals surface area contributed by atoms with Crippen LogP contribution < -0.4 is 26.4 Å². The van der Waals surface area contributed by atoms with Crippen molar-refractivity contribution >= 4 is 30.1 Å². The molecule has 1 heterocycles. The third-order valence-electron chi connectivity index (χ3n) is 4.58. The molecule has 3 amide bonds. The van der Waals surface area contributed by atoms with Crippen LogP contribution in [0.1, 0.15) is 5.82 Å². The minimum absolute atomic E-state index is 0. The summed E-state index contributed by atoms with van der Waals surface area (Å²) >= 11 is 0. The van der Waals surface area contributed by atoms with Crippen LogP contribution in [0.25, 0.3) is 11.4 Å². The zero-order chi connectivity index (χ0) is 27.4. The third-order valence-corrected chi connectivity index (χ3v) is 4.58. The van der Waals surface area contributed by atoms with E-state index in [1.54, 1.807) is 6.92 Å². The highest BCUT2D eigenvalue weighted by atomic mass is 35.5. The maximum Gasteiger partial charge on any atom is 0.239 e. The number of carbonyl (C=O) groups is 3. The molecule has 15 nitrogen and oxygen atoms in total. The first kappa shape index (κ1) is 33.5. The van der Waals surface area contributed by atoms with E-state index in [1.165, 1.54) is 0 Å². The van der Waals surface area contributed by atoms with Gasteiger partial charge in [-0.2, -0.15) is 0 Å². The van der Waals surface area contributed by atoms with Gasteiger partial charge in [0.2, 0.25) is 23.5 Å². The van der Waals surface area contributed by atoms with Crippen LogP contribution in [0.5, 0.6) is 5.75 Å². The van der Waals surface area contributed by atoms with Gasteiger partial charge in [0.15, 0.2) is 5.82 Å². The predicted octanol–water partition coefficient (Wildman–Crippen LogP) is -1.60. The van der Waals surface area contributed by atoms with Gasteiger partial charge >= 0.3 is 0 Å². The molecular formula is C23H35ClN8O7. The van der Waals surface area contributed by atoms with Gasteiger partial charge in [-0.15, -0.1) is 32.8 Å². The fourth-order valence-corrected chi connectivity index (χ4v) is 2.67. The molecule has 0 atom stereocenters. The van der Waals surface area contributed by atoms with Crippen molar-refractivity contribution in [2.24, 2.45) is 5.73 Å². The smallest absolute Gasteiger partial charge is 0.239 e. The summed E-state index contributed by atoms with van der Waals surface area (Å²) < 4.78 is 21.9. The van der Waals surface area contributed by atoms with Crippen LogP contribution in [0.2, 0.25) is 0 Å². The molecule has 16 heteroatoms. The summed E-state index contributed by atoms with van der Waals surface area (Å²) in [6.45, 7) is 4.09. The van der Waals surface area contributed by atoms with Crippen LogP contribution in [0, 0.1) is 6.92 Å². The van der Waals surface area contributed by atoms with E-state index >= 15 is 0 Å². The number of aryl methyl sites for hydroxylation is 1. The molecule has 0 saturated heterocycles. The normalized spacial score (nSPS) is 10.3. The topological polar surface area (TPSA) is 202 Å². The first-order chi connectivity index (χ1) is 18.5. The first-order valence-corrected chi connectivity index (χ1v) is 12.0. The Bertz CT molecular complexity index is 983. The molecule has 1 aromatic heterocycles. The second kappa shape index (κ2) is 20.5. The molecular weight excluding hydrogens is 536 g/mol. The van der Waals surface area contributed by atoms with E-state index in [0.717, 1.165) is 5.56 Å². The summed E-state index contributed by atoms with van der Waals surface area (Å²) in [5.41, 5.74) is 5.91. The molecule has 2 rings (SSSR count). The van der Waals surface area contributed by atoms with Gasteiger partial charge in [-0.1, -0.05) is 0 Å². The van der Waals surface area contributed by atoms with Gasteiger partial charge in [0.05, 0.1) is 59.3 Å². The van der Waals surface area contributed by atoms with Gasteiger partial charge in [0.25, 0.3) is 0 Å². The standard InChI is InChI=1S/C23H34N8O7.ClH/c1-17-28-30-23(31-29-17)18-2-4-19(5-3-18)38-13-12-37-11-10-36-9-8-35-7-6-25-21(33)15-27-22(34)16-26-20(32)14-24;/h2-5H,6-16,24H2,1H3,(H,25,33)(H,26,32)(H,27,34);1H. The Balaban J connectivity index is 0.00000760. The van der Waals surface area contributed by atoms with E-state index in [1.807, 2.05) is 24.3 Å². The summed E-state index contributed by atoms with van der Waals surface area (Å²) in [4.78, 5) is 34.0. The molecule has 1 aromatic carbocycles. The van der Waals surface area contributed by atoms with Crippen molar-refractivity contribution in [3.05, 3.63) is 30.1 Å². The van der Waals surface area contributed by atoms with E-state index < -0.39 is 11.8 Å². The molecule has 0 aliphatic heterocycles. The van der Waals surface area contributed by atoms with E-state index in [4.69, 9.17) is 24.7 Å². The molecule has 0 bridgehead atoms. The Morgan fingerprint density at radius 2 is 1.23 bits per heavy atom. The molecule has 0 saturated carbocycles. The Morgan fingerprint density at radius 3 is 1.82 bits per heavy atom. The maximum absolute atomic E-state index is 11.6. The average Bonchev–Trinajstić information content (AvgIpc) is 2.93. The van der Waals surface area contributed by atoms with Crippen LogP contribution in [-0.4, -0.2) is 111 Å². The van der Waals surface area contributed by atoms with Crippen molar-refractivity contribution in [1.82, 2.24) is 36.3 Å². The van der Waals surface area contributed by atoms with Crippen molar-refractivity contribution < 1.29 is 33.3 Å². The summed E-state index contributed by atoms with van der Waals surface area (Å²) in [7, 11) is 0. The molecule has 0 aliphatic rings. The van der Waals surface area contributed by atoms with Gasteiger partial charge < -0.3 is 40.6 Å². The zero-order valence-electron chi connectivity index (χ0n) is 21.7. The van der Waals surface area contributed by atoms with E-state index in [0.29, 0.717) is 70.2 Å². The SMILES string of the molecule is Cc1nnc(-c2ccc(OCCOCCOCCOCCNC(=O)CNC(=O)CNC(=O)CN)cc2)nn1.Cl. The van der Waals surface area contributed by atoms with Crippen LogP contribution in [0.3, 0.4) is 0 Å². The third kappa shape index (κ3) is 15.5.